The Labute approximate surface area is 98.8 Å². The van der Waals surface area contributed by atoms with Crippen molar-refractivity contribution in [2.24, 2.45) is 0 Å². The number of carbonyl (C=O) groups is 1. The van der Waals surface area contributed by atoms with Gasteiger partial charge in [-0.05, 0) is 39.0 Å². The summed E-state index contributed by atoms with van der Waals surface area (Å²) in [5.74, 6) is -0.0206. The Morgan fingerprint density at radius 2 is 1.81 bits per heavy atom. The van der Waals surface area contributed by atoms with Crippen molar-refractivity contribution in [2.75, 3.05) is 5.75 Å². The van der Waals surface area contributed by atoms with Crippen molar-refractivity contribution in [1.29, 1.82) is 0 Å². The molecule has 0 saturated heterocycles. The molecule has 86 valence electrons. The molecule has 0 heterocycles. The summed E-state index contributed by atoms with van der Waals surface area (Å²) < 4.78 is 11.8. The minimum absolute atomic E-state index is 0.0637. The number of aryl methyl sites for hydroxylation is 1. The lowest BCUT2D eigenvalue weighted by molar-refractivity contribution is -0.112. The molecule has 1 aromatic carbocycles. The van der Waals surface area contributed by atoms with Crippen LogP contribution in [-0.4, -0.2) is 15.7 Å². The molecule has 0 aliphatic rings. The standard InChI is InChI=1S/C13H16O2S/c1-10(2)8-12(14)9-16(15)13-6-4-11(3)5-7-13/h4-8H,9H2,1-3H3. The number of hydrogen-bond donors (Lipinski definition) is 0. The second-order valence-electron chi connectivity index (χ2n) is 3.99. The van der Waals surface area contributed by atoms with E-state index in [1.54, 1.807) is 12.1 Å². The molecule has 0 aliphatic heterocycles. The molecule has 0 spiro atoms. The van der Waals surface area contributed by atoms with Gasteiger partial charge in [0.2, 0.25) is 0 Å². The van der Waals surface area contributed by atoms with Crippen molar-refractivity contribution in [3.8, 4) is 0 Å². The minimum Gasteiger partial charge on any atom is -0.294 e. The zero-order chi connectivity index (χ0) is 12.1. The number of rotatable bonds is 4. The summed E-state index contributed by atoms with van der Waals surface area (Å²) in [4.78, 5) is 12.1. The molecule has 0 saturated carbocycles. The van der Waals surface area contributed by atoms with Crippen molar-refractivity contribution in [2.45, 2.75) is 25.7 Å². The molecule has 0 amide bonds. The van der Waals surface area contributed by atoms with Crippen LogP contribution in [0.4, 0.5) is 0 Å². The van der Waals surface area contributed by atoms with E-state index in [2.05, 4.69) is 0 Å². The van der Waals surface area contributed by atoms with E-state index in [1.807, 2.05) is 32.9 Å². The van der Waals surface area contributed by atoms with Crippen molar-refractivity contribution < 1.29 is 9.00 Å². The molecule has 1 aromatic rings. The monoisotopic (exact) mass is 236 g/mol. The molecule has 16 heavy (non-hydrogen) atoms. The summed E-state index contributed by atoms with van der Waals surface area (Å²) in [6.45, 7) is 5.68. The number of hydrogen-bond acceptors (Lipinski definition) is 2. The molecule has 0 aromatic heterocycles. The fraction of sp³-hybridized carbons (Fsp3) is 0.308. The molecule has 0 aliphatic carbocycles. The van der Waals surface area contributed by atoms with Gasteiger partial charge in [-0.15, -0.1) is 0 Å². The first kappa shape index (κ1) is 12.8. The summed E-state index contributed by atoms with van der Waals surface area (Å²) in [5, 5.41) is 0. The van der Waals surface area contributed by atoms with Crippen LogP contribution in [0.1, 0.15) is 19.4 Å². The second-order valence-corrected chi connectivity index (χ2v) is 5.44. The van der Waals surface area contributed by atoms with Crippen molar-refractivity contribution >= 4 is 16.6 Å². The van der Waals surface area contributed by atoms with Crippen LogP contribution in [0.5, 0.6) is 0 Å². The first-order valence-corrected chi connectivity index (χ1v) is 6.43. The van der Waals surface area contributed by atoms with Gasteiger partial charge in [-0.25, -0.2) is 0 Å². The summed E-state index contributed by atoms with van der Waals surface area (Å²) in [7, 11) is -1.23. The van der Waals surface area contributed by atoms with Gasteiger partial charge in [0.1, 0.15) is 0 Å². The van der Waals surface area contributed by atoms with Crippen LogP contribution in [-0.2, 0) is 15.6 Å². The highest BCUT2D eigenvalue weighted by molar-refractivity contribution is 7.85. The van der Waals surface area contributed by atoms with E-state index < -0.39 is 10.8 Å². The highest BCUT2D eigenvalue weighted by atomic mass is 32.2. The number of ketones is 1. The highest BCUT2D eigenvalue weighted by Gasteiger charge is 2.07. The van der Waals surface area contributed by atoms with Crippen molar-refractivity contribution in [1.82, 2.24) is 0 Å². The average Bonchev–Trinajstić information content (AvgIpc) is 2.16. The summed E-state index contributed by atoms with van der Waals surface area (Å²) >= 11 is 0. The molecule has 3 heteroatoms. The van der Waals surface area contributed by atoms with Crippen molar-refractivity contribution in [3.05, 3.63) is 41.5 Å². The molecule has 1 atom stereocenters. The summed E-state index contributed by atoms with van der Waals surface area (Å²) in [5.41, 5.74) is 2.06. The van der Waals surface area contributed by atoms with E-state index in [0.29, 0.717) is 4.90 Å². The fourth-order valence-electron chi connectivity index (χ4n) is 1.27. The van der Waals surface area contributed by atoms with Gasteiger partial charge < -0.3 is 0 Å². The highest BCUT2D eigenvalue weighted by Crippen LogP contribution is 2.08. The van der Waals surface area contributed by atoms with Gasteiger partial charge in [-0.3, -0.25) is 9.00 Å². The molecule has 0 radical (unpaired) electrons. The molecular formula is C13H16O2S. The van der Waals surface area contributed by atoms with E-state index in [9.17, 15) is 9.00 Å². The first-order valence-electron chi connectivity index (χ1n) is 5.12. The van der Waals surface area contributed by atoms with Crippen LogP contribution in [0.15, 0.2) is 40.8 Å². The Morgan fingerprint density at radius 1 is 1.25 bits per heavy atom. The molecule has 1 rings (SSSR count). The van der Waals surface area contributed by atoms with Crippen molar-refractivity contribution in [3.63, 3.8) is 0 Å². The molecule has 0 fully saturated rings. The molecule has 1 unspecified atom stereocenters. The van der Waals surface area contributed by atoms with E-state index in [0.717, 1.165) is 11.1 Å². The minimum atomic E-state index is -1.23. The van der Waals surface area contributed by atoms with Crippen LogP contribution in [0.2, 0.25) is 0 Å². The number of benzene rings is 1. The summed E-state index contributed by atoms with van der Waals surface area (Å²) in [6.07, 6.45) is 1.53. The molecule has 2 nitrogen and oxygen atoms in total. The molecule has 0 N–H and O–H groups in total. The van der Waals surface area contributed by atoms with Crippen LogP contribution in [0.25, 0.3) is 0 Å². The van der Waals surface area contributed by atoms with Gasteiger partial charge in [-0.1, -0.05) is 23.3 Å². The van der Waals surface area contributed by atoms with E-state index in [4.69, 9.17) is 0 Å². The SMILES string of the molecule is CC(C)=CC(=O)CS(=O)c1ccc(C)cc1. The van der Waals surface area contributed by atoms with E-state index >= 15 is 0 Å². The topological polar surface area (TPSA) is 34.1 Å². The first-order chi connectivity index (χ1) is 7.49. The largest absolute Gasteiger partial charge is 0.294 e. The van der Waals surface area contributed by atoms with Gasteiger partial charge in [-0.2, -0.15) is 0 Å². The third-order valence-corrected chi connectivity index (χ3v) is 3.35. The lowest BCUT2D eigenvalue weighted by Crippen LogP contribution is -2.08. The lowest BCUT2D eigenvalue weighted by Gasteiger charge is -2.00. The Balaban J connectivity index is 2.70. The van der Waals surface area contributed by atoms with Crippen LogP contribution in [0.3, 0.4) is 0 Å². The quantitative estimate of drug-likeness (QED) is 0.753. The maximum atomic E-state index is 11.8. The van der Waals surface area contributed by atoms with Gasteiger partial charge in [0.25, 0.3) is 0 Å². The molecular weight excluding hydrogens is 220 g/mol. The van der Waals surface area contributed by atoms with Gasteiger partial charge in [0.05, 0.1) is 16.6 Å². The molecule has 0 bridgehead atoms. The zero-order valence-electron chi connectivity index (χ0n) is 9.82. The zero-order valence-corrected chi connectivity index (χ0v) is 10.6. The van der Waals surface area contributed by atoms with E-state index in [-0.39, 0.29) is 11.5 Å². The maximum absolute atomic E-state index is 11.8. The maximum Gasteiger partial charge on any atom is 0.168 e. The number of carbonyl (C=O) groups excluding carboxylic acids is 1. The van der Waals surface area contributed by atoms with E-state index in [1.165, 1.54) is 6.08 Å². The normalized spacial score (nSPS) is 11.9. The average molecular weight is 236 g/mol. The Bertz CT molecular complexity index is 426. The van der Waals surface area contributed by atoms with Crippen LogP contribution >= 0.6 is 0 Å². The summed E-state index contributed by atoms with van der Waals surface area (Å²) in [6, 6.07) is 7.42. The fourth-order valence-corrected chi connectivity index (χ4v) is 2.21. The predicted octanol–water partition coefficient (Wildman–Crippen LogP) is 2.64. The van der Waals surface area contributed by atoms with Crippen LogP contribution in [0, 0.1) is 6.92 Å². The smallest absolute Gasteiger partial charge is 0.168 e. The Morgan fingerprint density at radius 3 is 2.31 bits per heavy atom. The number of allylic oxidation sites excluding steroid dienone is 2. The lowest BCUT2D eigenvalue weighted by atomic mass is 10.2. The third kappa shape index (κ3) is 4.11. The van der Waals surface area contributed by atoms with Gasteiger partial charge in [0, 0.05) is 4.90 Å². The van der Waals surface area contributed by atoms with Crippen LogP contribution < -0.4 is 0 Å². The Hall–Kier alpha value is -1.22. The third-order valence-electron chi connectivity index (χ3n) is 2.01. The Kier molecular flexibility index (Phi) is 4.62. The second kappa shape index (κ2) is 5.75. The van der Waals surface area contributed by atoms with Gasteiger partial charge >= 0.3 is 0 Å². The predicted molar refractivity (Wildman–Crippen MR) is 66.9 cm³/mol. The van der Waals surface area contributed by atoms with Gasteiger partial charge in [0.15, 0.2) is 5.78 Å².